The summed E-state index contributed by atoms with van der Waals surface area (Å²) in [7, 11) is 0. The summed E-state index contributed by atoms with van der Waals surface area (Å²) in [6.45, 7) is 1.94. The second kappa shape index (κ2) is 9.00. The van der Waals surface area contributed by atoms with Gasteiger partial charge in [-0.3, -0.25) is 4.90 Å². The monoisotopic (exact) mass is 444 g/mol. The van der Waals surface area contributed by atoms with E-state index in [0.717, 1.165) is 48.3 Å². The molecule has 166 valence electrons. The van der Waals surface area contributed by atoms with Crippen LogP contribution >= 0.6 is 0 Å². The Bertz CT molecular complexity index is 1330. The molecule has 2 heterocycles. The highest BCUT2D eigenvalue weighted by Gasteiger charge is 2.27. The van der Waals surface area contributed by atoms with Crippen molar-refractivity contribution in [2.75, 3.05) is 25.0 Å². The van der Waals surface area contributed by atoms with E-state index in [4.69, 9.17) is 4.42 Å². The first-order valence-electron chi connectivity index (χ1n) is 11.0. The van der Waals surface area contributed by atoms with Crippen LogP contribution in [0.1, 0.15) is 30.1 Å². The fraction of sp³-hybridized carbons (Fsp3) is 0.231. The van der Waals surface area contributed by atoms with Gasteiger partial charge in [0.05, 0.1) is 6.04 Å². The van der Waals surface area contributed by atoms with Gasteiger partial charge in [0.1, 0.15) is 17.7 Å². The Morgan fingerprint density at radius 1 is 1.06 bits per heavy atom. The lowest BCUT2D eigenvalue weighted by Gasteiger charge is -2.28. The van der Waals surface area contributed by atoms with Crippen LogP contribution in [0.5, 0.6) is 0 Å². The van der Waals surface area contributed by atoms with Gasteiger partial charge in [0, 0.05) is 23.7 Å². The topological polar surface area (TPSA) is 65.1 Å². The fourth-order valence-electron chi connectivity index (χ4n) is 4.49. The van der Waals surface area contributed by atoms with E-state index in [1.165, 1.54) is 12.1 Å². The van der Waals surface area contributed by atoms with Crippen LogP contribution in [0, 0.1) is 23.0 Å². The van der Waals surface area contributed by atoms with E-state index in [1.54, 1.807) is 0 Å². The molecule has 5 nitrogen and oxygen atoms in total. The zero-order valence-electron chi connectivity index (χ0n) is 17.9. The van der Waals surface area contributed by atoms with Gasteiger partial charge in [-0.25, -0.2) is 8.78 Å². The number of oxazole rings is 1. The van der Waals surface area contributed by atoms with E-state index in [1.807, 2.05) is 42.5 Å². The van der Waals surface area contributed by atoms with Crippen molar-refractivity contribution in [2.24, 2.45) is 0 Å². The van der Waals surface area contributed by atoms with Crippen molar-refractivity contribution in [2.45, 2.75) is 18.9 Å². The molecule has 0 bridgehead atoms. The first-order valence-corrected chi connectivity index (χ1v) is 11.0. The SMILES string of the molecule is N#Cc1nc(-c2cccc3ccccc23)oc1NC[C@@H](c1ccc(F)cc1F)N1CCCC1. The summed E-state index contributed by atoms with van der Waals surface area (Å²) < 4.78 is 34.1. The van der Waals surface area contributed by atoms with Crippen LogP contribution in [0.15, 0.2) is 65.1 Å². The van der Waals surface area contributed by atoms with Gasteiger partial charge in [-0.15, -0.1) is 0 Å². The summed E-state index contributed by atoms with van der Waals surface area (Å²) in [5.74, 6) is -0.599. The van der Waals surface area contributed by atoms with Gasteiger partial charge >= 0.3 is 0 Å². The molecule has 4 aromatic rings. The second-order valence-corrected chi connectivity index (χ2v) is 8.14. The number of hydrogen-bond donors (Lipinski definition) is 1. The molecule has 0 spiro atoms. The Morgan fingerprint density at radius 3 is 2.64 bits per heavy atom. The predicted octanol–water partition coefficient (Wildman–Crippen LogP) is 5.89. The molecule has 0 radical (unpaired) electrons. The highest BCUT2D eigenvalue weighted by Crippen LogP contribution is 2.33. The summed E-state index contributed by atoms with van der Waals surface area (Å²) in [6, 6.07) is 19.1. The summed E-state index contributed by atoms with van der Waals surface area (Å²) in [5.41, 5.74) is 1.34. The number of fused-ring (bicyclic) bond motifs is 1. The lowest BCUT2D eigenvalue weighted by molar-refractivity contribution is 0.249. The van der Waals surface area contributed by atoms with Crippen LogP contribution in [0.25, 0.3) is 22.2 Å². The van der Waals surface area contributed by atoms with Crippen molar-refractivity contribution in [3.05, 3.63) is 83.6 Å². The van der Waals surface area contributed by atoms with E-state index in [-0.39, 0.29) is 17.6 Å². The van der Waals surface area contributed by atoms with Crippen molar-refractivity contribution in [3.8, 4) is 17.5 Å². The lowest BCUT2D eigenvalue weighted by Crippen LogP contribution is -2.31. The molecule has 1 aliphatic rings. The summed E-state index contributed by atoms with van der Waals surface area (Å²) in [4.78, 5) is 6.56. The average Bonchev–Trinajstić information content (AvgIpc) is 3.50. The lowest BCUT2D eigenvalue weighted by atomic mass is 10.0. The number of rotatable bonds is 6. The number of nitrogens with zero attached hydrogens (tertiary/aromatic N) is 3. The number of nitrogens with one attached hydrogen (secondary N) is 1. The first-order chi connectivity index (χ1) is 16.1. The molecular weight excluding hydrogens is 422 g/mol. The molecule has 1 N–H and O–H groups in total. The van der Waals surface area contributed by atoms with E-state index in [0.29, 0.717) is 18.0 Å². The number of benzene rings is 3. The maximum absolute atomic E-state index is 14.6. The van der Waals surface area contributed by atoms with E-state index in [2.05, 4.69) is 21.3 Å². The zero-order valence-corrected chi connectivity index (χ0v) is 17.9. The number of halogens is 2. The van der Waals surface area contributed by atoms with Crippen molar-refractivity contribution in [1.29, 1.82) is 5.26 Å². The van der Waals surface area contributed by atoms with Crippen LogP contribution in [0.4, 0.5) is 14.7 Å². The number of hydrogen-bond acceptors (Lipinski definition) is 5. The third-order valence-corrected chi connectivity index (χ3v) is 6.11. The van der Waals surface area contributed by atoms with E-state index >= 15 is 0 Å². The molecule has 1 atom stereocenters. The fourth-order valence-corrected chi connectivity index (χ4v) is 4.49. The van der Waals surface area contributed by atoms with Gasteiger partial charge < -0.3 is 9.73 Å². The van der Waals surface area contributed by atoms with Crippen LogP contribution in [0.2, 0.25) is 0 Å². The molecule has 1 aliphatic heterocycles. The van der Waals surface area contributed by atoms with Crippen LogP contribution < -0.4 is 5.32 Å². The van der Waals surface area contributed by atoms with Gasteiger partial charge in [0.15, 0.2) is 0 Å². The Hall–Kier alpha value is -3.76. The van der Waals surface area contributed by atoms with Gasteiger partial charge in [0.25, 0.3) is 0 Å². The van der Waals surface area contributed by atoms with Gasteiger partial charge in [-0.05, 0) is 48.8 Å². The van der Waals surface area contributed by atoms with Crippen LogP contribution in [0.3, 0.4) is 0 Å². The molecule has 0 amide bonds. The standard InChI is InChI=1S/C26H22F2N4O/c27-18-10-11-21(22(28)14-18)24(32-12-3-4-13-32)16-30-26-23(15-29)31-25(33-26)20-9-5-7-17-6-1-2-8-19(17)20/h1-2,5-11,14,24,30H,3-4,12-13,16H2/t24-/m0/s1. The zero-order chi connectivity index (χ0) is 22.8. The highest BCUT2D eigenvalue weighted by atomic mass is 19.1. The van der Waals surface area contributed by atoms with Gasteiger partial charge in [-0.1, -0.05) is 42.5 Å². The molecule has 5 rings (SSSR count). The molecular formula is C26H22F2N4O. The number of nitriles is 1. The van der Waals surface area contributed by atoms with E-state index in [9.17, 15) is 14.0 Å². The first kappa shape index (κ1) is 21.1. The smallest absolute Gasteiger partial charge is 0.232 e. The molecule has 1 aromatic heterocycles. The number of aromatic nitrogens is 1. The van der Waals surface area contributed by atoms with Crippen LogP contribution in [-0.4, -0.2) is 29.5 Å². The Balaban J connectivity index is 1.46. The van der Waals surface area contributed by atoms with Crippen molar-refractivity contribution in [3.63, 3.8) is 0 Å². The molecule has 0 unspecified atom stereocenters. The molecule has 1 fully saturated rings. The minimum atomic E-state index is -0.605. The molecule has 0 aliphatic carbocycles. The maximum atomic E-state index is 14.6. The van der Waals surface area contributed by atoms with Crippen molar-refractivity contribution >= 4 is 16.7 Å². The molecule has 0 saturated carbocycles. The molecule has 7 heteroatoms. The molecule has 1 saturated heterocycles. The van der Waals surface area contributed by atoms with E-state index < -0.39 is 11.6 Å². The Morgan fingerprint density at radius 2 is 1.85 bits per heavy atom. The van der Waals surface area contributed by atoms with Crippen molar-refractivity contribution < 1.29 is 13.2 Å². The normalized spacial score (nSPS) is 14.9. The quantitative estimate of drug-likeness (QED) is 0.402. The van der Waals surface area contributed by atoms with Gasteiger partial charge in [-0.2, -0.15) is 10.2 Å². The largest absolute Gasteiger partial charge is 0.419 e. The molecule has 33 heavy (non-hydrogen) atoms. The minimum absolute atomic E-state index is 0.137. The van der Waals surface area contributed by atoms with Crippen molar-refractivity contribution in [1.82, 2.24) is 9.88 Å². The van der Waals surface area contributed by atoms with Crippen LogP contribution in [-0.2, 0) is 0 Å². The highest BCUT2D eigenvalue weighted by molar-refractivity contribution is 5.94. The minimum Gasteiger partial charge on any atom is -0.419 e. The van der Waals surface area contributed by atoms with Gasteiger partial charge in [0.2, 0.25) is 17.5 Å². The molecule has 3 aromatic carbocycles. The Kier molecular flexibility index (Phi) is 5.76. The second-order valence-electron chi connectivity index (χ2n) is 8.14. The average molecular weight is 444 g/mol. The summed E-state index contributed by atoms with van der Waals surface area (Å²) in [5, 5.41) is 14.8. The Labute approximate surface area is 190 Å². The summed E-state index contributed by atoms with van der Waals surface area (Å²) >= 11 is 0. The number of likely N-dealkylation sites (tertiary alicyclic amines) is 1. The third kappa shape index (κ3) is 4.18. The summed E-state index contributed by atoms with van der Waals surface area (Å²) in [6.07, 6.45) is 2.05. The predicted molar refractivity (Wildman–Crippen MR) is 123 cm³/mol. The third-order valence-electron chi connectivity index (χ3n) is 6.11. The maximum Gasteiger partial charge on any atom is 0.232 e. The number of anilines is 1.